The van der Waals surface area contributed by atoms with Crippen molar-refractivity contribution in [2.24, 2.45) is 0 Å². The maximum atomic E-state index is 10.3. The lowest BCUT2D eigenvalue weighted by molar-refractivity contribution is -0.137. The highest BCUT2D eigenvalue weighted by Gasteiger charge is 2.04. The van der Waals surface area contributed by atoms with Gasteiger partial charge in [0, 0.05) is 20.0 Å². The number of rotatable bonds is 5. The van der Waals surface area contributed by atoms with E-state index in [1.54, 1.807) is 6.20 Å². The zero-order valence-electron chi connectivity index (χ0n) is 8.35. The molecule has 15 heavy (non-hydrogen) atoms. The van der Waals surface area contributed by atoms with E-state index in [4.69, 9.17) is 16.7 Å². The van der Waals surface area contributed by atoms with E-state index in [1.165, 1.54) is 6.20 Å². The van der Waals surface area contributed by atoms with Crippen LogP contribution in [0, 0.1) is 0 Å². The van der Waals surface area contributed by atoms with Gasteiger partial charge in [0.2, 0.25) is 0 Å². The molecule has 1 aromatic heterocycles. The van der Waals surface area contributed by atoms with Crippen molar-refractivity contribution in [3.63, 3.8) is 0 Å². The number of carboxylic acid groups (broad SMARTS) is 1. The zero-order valence-corrected chi connectivity index (χ0v) is 9.11. The molecule has 0 aliphatic carbocycles. The van der Waals surface area contributed by atoms with Gasteiger partial charge in [0.05, 0.1) is 12.4 Å². The number of halogens is 1. The predicted octanol–water partition coefficient (Wildman–Crippen LogP) is 1.43. The van der Waals surface area contributed by atoms with Gasteiger partial charge in [0.15, 0.2) is 0 Å². The highest BCUT2D eigenvalue weighted by molar-refractivity contribution is 6.29. The van der Waals surface area contributed by atoms with Crippen LogP contribution in [-0.4, -0.2) is 34.6 Å². The fourth-order valence-corrected chi connectivity index (χ4v) is 1.24. The van der Waals surface area contributed by atoms with Crippen molar-refractivity contribution >= 4 is 23.4 Å². The van der Waals surface area contributed by atoms with Crippen LogP contribution in [0.25, 0.3) is 0 Å². The molecule has 0 saturated heterocycles. The smallest absolute Gasteiger partial charge is 0.303 e. The number of aliphatic carboxylic acids is 1. The first kappa shape index (κ1) is 11.7. The first-order valence-corrected chi connectivity index (χ1v) is 4.88. The Kier molecular flexibility index (Phi) is 4.30. The molecule has 0 aliphatic heterocycles. The summed E-state index contributed by atoms with van der Waals surface area (Å²) in [7, 11) is 1.82. The molecule has 0 radical (unpaired) electrons. The second-order valence-electron chi connectivity index (χ2n) is 3.12. The van der Waals surface area contributed by atoms with Gasteiger partial charge in [-0.15, -0.1) is 0 Å². The number of carboxylic acids is 1. The highest BCUT2D eigenvalue weighted by atomic mass is 35.5. The van der Waals surface area contributed by atoms with Crippen LogP contribution in [0.3, 0.4) is 0 Å². The molecule has 0 fully saturated rings. The third-order valence-corrected chi connectivity index (χ3v) is 2.05. The first-order chi connectivity index (χ1) is 7.09. The van der Waals surface area contributed by atoms with E-state index in [0.717, 1.165) is 0 Å². The minimum Gasteiger partial charge on any atom is -0.481 e. The average Bonchev–Trinajstić information content (AvgIpc) is 2.17. The Bertz CT molecular complexity index is 346. The summed E-state index contributed by atoms with van der Waals surface area (Å²) in [5.74, 6) is -0.145. The summed E-state index contributed by atoms with van der Waals surface area (Å²) in [5, 5.41) is 8.80. The summed E-state index contributed by atoms with van der Waals surface area (Å²) in [6.07, 6.45) is 3.77. The maximum Gasteiger partial charge on any atom is 0.303 e. The van der Waals surface area contributed by atoms with Crippen LogP contribution in [0.2, 0.25) is 5.15 Å². The predicted molar refractivity (Wildman–Crippen MR) is 57.2 cm³/mol. The molecule has 6 heteroatoms. The fourth-order valence-electron chi connectivity index (χ4n) is 1.10. The Morgan fingerprint density at radius 3 is 2.93 bits per heavy atom. The van der Waals surface area contributed by atoms with Crippen LogP contribution in [-0.2, 0) is 4.79 Å². The van der Waals surface area contributed by atoms with Gasteiger partial charge in [-0.1, -0.05) is 11.6 Å². The van der Waals surface area contributed by atoms with E-state index in [0.29, 0.717) is 23.9 Å². The monoisotopic (exact) mass is 229 g/mol. The Morgan fingerprint density at radius 1 is 1.60 bits per heavy atom. The Balaban J connectivity index is 2.46. The van der Waals surface area contributed by atoms with Crippen molar-refractivity contribution < 1.29 is 9.90 Å². The van der Waals surface area contributed by atoms with Crippen LogP contribution in [0.4, 0.5) is 5.82 Å². The summed E-state index contributed by atoms with van der Waals surface area (Å²) in [6, 6.07) is 0. The lowest BCUT2D eigenvalue weighted by atomic mass is 10.3. The summed E-state index contributed by atoms with van der Waals surface area (Å²) in [6.45, 7) is 0.612. The van der Waals surface area contributed by atoms with Crippen molar-refractivity contribution in [2.75, 3.05) is 18.5 Å². The van der Waals surface area contributed by atoms with E-state index in [-0.39, 0.29) is 6.42 Å². The van der Waals surface area contributed by atoms with Crippen LogP contribution >= 0.6 is 11.6 Å². The molecular weight excluding hydrogens is 218 g/mol. The molecule has 0 spiro atoms. The normalized spacial score (nSPS) is 10.0. The van der Waals surface area contributed by atoms with Crippen molar-refractivity contribution in [3.8, 4) is 0 Å². The summed E-state index contributed by atoms with van der Waals surface area (Å²) < 4.78 is 0. The van der Waals surface area contributed by atoms with Gasteiger partial charge in [-0.25, -0.2) is 4.98 Å². The standard InChI is InChI=1S/C9H12ClN3O2/c1-13(4-2-3-9(14)15)8-6-11-5-7(10)12-8/h5-6H,2-4H2,1H3,(H,14,15). The molecular formula is C9H12ClN3O2. The van der Waals surface area contributed by atoms with Crippen LogP contribution < -0.4 is 4.90 Å². The van der Waals surface area contributed by atoms with E-state index in [9.17, 15) is 4.79 Å². The third kappa shape index (κ3) is 4.12. The van der Waals surface area contributed by atoms with Crippen molar-refractivity contribution in [1.82, 2.24) is 9.97 Å². The van der Waals surface area contributed by atoms with Gasteiger partial charge in [-0.05, 0) is 6.42 Å². The molecule has 1 N–H and O–H groups in total. The lowest BCUT2D eigenvalue weighted by Gasteiger charge is -2.16. The molecule has 0 unspecified atom stereocenters. The summed E-state index contributed by atoms with van der Waals surface area (Å²) in [5.41, 5.74) is 0. The number of nitrogens with zero attached hydrogens (tertiary/aromatic N) is 3. The minimum atomic E-state index is -0.791. The molecule has 0 atom stereocenters. The molecule has 1 rings (SSSR count). The second-order valence-corrected chi connectivity index (χ2v) is 3.51. The molecule has 1 heterocycles. The topological polar surface area (TPSA) is 66.3 Å². The number of anilines is 1. The quantitative estimate of drug-likeness (QED) is 0.828. The lowest BCUT2D eigenvalue weighted by Crippen LogP contribution is -2.20. The summed E-state index contributed by atoms with van der Waals surface area (Å²) in [4.78, 5) is 20.1. The highest BCUT2D eigenvalue weighted by Crippen LogP contribution is 2.11. The Morgan fingerprint density at radius 2 is 2.33 bits per heavy atom. The number of aromatic nitrogens is 2. The van der Waals surface area contributed by atoms with Crippen molar-refractivity contribution in [3.05, 3.63) is 17.5 Å². The molecule has 1 aromatic rings. The molecule has 0 amide bonds. The van der Waals surface area contributed by atoms with Gasteiger partial charge >= 0.3 is 5.97 Å². The number of hydrogen-bond donors (Lipinski definition) is 1. The van der Waals surface area contributed by atoms with E-state index in [1.807, 2.05) is 11.9 Å². The van der Waals surface area contributed by atoms with Crippen LogP contribution in [0.5, 0.6) is 0 Å². The van der Waals surface area contributed by atoms with Crippen LogP contribution in [0.1, 0.15) is 12.8 Å². The van der Waals surface area contributed by atoms with Crippen molar-refractivity contribution in [1.29, 1.82) is 0 Å². The van der Waals surface area contributed by atoms with E-state index < -0.39 is 5.97 Å². The first-order valence-electron chi connectivity index (χ1n) is 4.50. The van der Waals surface area contributed by atoms with Crippen LogP contribution in [0.15, 0.2) is 12.4 Å². The maximum absolute atomic E-state index is 10.3. The largest absolute Gasteiger partial charge is 0.481 e. The van der Waals surface area contributed by atoms with Gasteiger partial charge in [-0.2, -0.15) is 0 Å². The minimum absolute atomic E-state index is 0.151. The van der Waals surface area contributed by atoms with Gasteiger partial charge < -0.3 is 10.0 Å². The zero-order chi connectivity index (χ0) is 11.3. The van der Waals surface area contributed by atoms with Crippen molar-refractivity contribution in [2.45, 2.75) is 12.8 Å². The Hall–Kier alpha value is -1.36. The van der Waals surface area contributed by atoms with Gasteiger partial charge in [-0.3, -0.25) is 9.78 Å². The third-order valence-electron chi connectivity index (χ3n) is 1.87. The number of hydrogen-bond acceptors (Lipinski definition) is 4. The second kappa shape index (κ2) is 5.50. The van der Waals surface area contributed by atoms with E-state index >= 15 is 0 Å². The SMILES string of the molecule is CN(CCCC(=O)O)c1cncc(Cl)n1. The Labute approximate surface area is 92.7 Å². The molecule has 0 saturated carbocycles. The molecule has 82 valence electrons. The molecule has 0 aromatic carbocycles. The van der Waals surface area contributed by atoms with E-state index in [2.05, 4.69) is 9.97 Å². The summed E-state index contributed by atoms with van der Waals surface area (Å²) >= 11 is 5.68. The number of carbonyl (C=O) groups is 1. The average molecular weight is 230 g/mol. The fraction of sp³-hybridized carbons (Fsp3) is 0.444. The molecule has 0 bridgehead atoms. The molecule has 5 nitrogen and oxygen atoms in total. The molecule has 0 aliphatic rings. The van der Waals surface area contributed by atoms with Gasteiger partial charge in [0.25, 0.3) is 0 Å². The van der Waals surface area contributed by atoms with Gasteiger partial charge in [0.1, 0.15) is 11.0 Å².